The molecule has 0 saturated heterocycles. The summed E-state index contributed by atoms with van der Waals surface area (Å²) in [5.41, 5.74) is 22.7. The first-order valence-electron chi connectivity index (χ1n) is 41.8. The Hall–Kier alpha value is -12.3. The Balaban J connectivity index is 0.000000394. The van der Waals surface area contributed by atoms with Crippen LogP contribution in [0.4, 0.5) is 0 Å². The number of Topliss-reactive ketones (excluding diaryl/α,β-unsaturated/α-hetero) is 1. The SMILES string of the molecule is CC(=O)C=C(C)O.CC(=O)C=C(C)O.CC(=O)C=C(C)O.CC(=O)C=C(C)O.CC(=O)CC(C)O.Cc1cc(-c2[c-]ccc3ccccc23)nc2ccccc12.Cc1cc2ccccc2nc1-c1[c-]cccc1.Cc1cc2ccccc2nc1-c1[c-]cccc1.Cc1cc[c-]c(-c2ccc3ccc(C)cc3n2)c1.[Ir].[Ir].[Ir].[Ir].[Ir].[c-]1ccccc1-c1nc2ccccc2n1-c1ccccc1. The smallest absolute Gasteiger partial charge is 0.155 e. The summed E-state index contributed by atoms with van der Waals surface area (Å²) in [6.07, 6.45) is 4.47. The number of fused-ring (bicyclic) bond motifs is 6. The zero-order chi connectivity index (χ0) is 93.5. The van der Waals surface area contributed by atoms with Gasteiger partial charge in [0.15, 0.2) is 23.1 Å². The summed E-state index contributed by atoms with van der Waals surface area (Å²) in [5, 5.41) is 49.1. The number of nitrogens with zero attached hydrogens (tertiary/aromatic N) is 6. The molecule has 1 atom stereocenters. The number of carbonyl (C=O) groups excluding carboxylic acids is 5. The van der Waals surface area contributed by atoms with Crippen molar-refractivity contribution in [3.63, 3.8) is 0 Å². The minimum absolute atomic E-state index is 0. The number of para-hydroxylation sites is 6. The van der Waals surface area contributed by atoms with E-state index in [0.29, 0.717) is 0 Å². The van der Waals surface area contributed by atoms with Crippen LogP contribution in [0.5, 0.6) is 0 Å². The van der Waals surface area contributed by atoms with Gasteiger partial charge in [-0.2, -0.15) is 0 Å². The maximum Gasteiger partial charge on any atom is 0.155 e. The minimum atomic E-state index is -0.475. The van der Waals surface area contributed by atoms with Gasteiger partial charge in [-0.05, 0) is 196 Å². The molecule has 0 aliphatic rings. The first-order chi connectivity index (χ1) is 61.8. The van der Waals surface area contributed by atoms with Gasteiger partial charge in [0, 0.05) is 142 Å². The molecule has 1 unspecified atom stereocenters. The molecule has 134 heavy (non-hydrogen) atoms. The van der Waals surface area contributed by atoms with E-state index < -0.39 is 6.10 Å². The van der Waals surface area contributed by atoms with E-state index in [1.54, 1.807) is 6.92 Å². The summed E-state index contributed by atoms with van der Waals surface area (Å²) in [5.74, 6) is 0.706. The molecular formula is C113H107Ir5N6O10-5. The molecule has 0 amide bonds. The van der Waals surface area contributed by atoms with Crippen molar-refractivity contribution in [2.75, 3.05) is 0 Å². The van der Waals surface area contributed by atoms with E-state index in [4.69, 9.17) is 50.5 Å². The Kier molecular flexibility index (Phi) is 52.0. The minimum Gasteiger partial charge on any atom is -0.512 e. The van der Waals surface area contributed by atoms with Crippen LogP contribution in [0.25, 0.3) is 128 Å². The summed E-state index contributed by atoms with van der Waals surface area (Å²) < 4.78 is 2.18. The standard InChI is InChI=1S/C20H14N.C19H13N2.C17H14N.2C16H12N.C5H10O2.4C5H8O2.5Ir/c1-14-13-20(21-19-12-5-4-9-16(14)19)18-11-6-8-15-7-2-3-10-17(15)18;1-3-9-15(10-4-1)19-20-17-13-7-8-14-18(17)21(19)16-11-5-2-6-12-16;1-12-4-3-5-15(10-12)16-9-8-14-7-6-13(2)11-17(14)18-16;2*1-12-11-14-9-5-6-10-15(14)17-16(12)13-7-3-2-4-8-13;5*1-4(6)3-5(2)7;;;;;/h2-10,12-13H,1H3;1-9,11-14H;3-4,6-11H,1-2H3;2*2-7,9-11H,1H3;4,6H,3H2,1-2H3;4*3,6H,1-2H3;;;;;/q5*-1;;;;;;;;;;. The van der Waals surface area contributed by atoms with Crippen molar-refractivity contribution in [3.8, 4) is 62.1 Å². The maximum atomic E-state index is 10.1. The van der Waals surface area contributed by atoms with Gasteiger partial charge in [0.1, 0.15) is 5.78 Å². The normalized spacial score (nSPS) is 10.7. The Morgan fingerprint density at radius 2 is 0.731 bits per heavy atom. The van der Waals surface area contributed by atoms with E-state index in [-0.39, 0.29) is 159 Å². The number of pyridine rings is 4. The molecule has 0 spiro atoms. The van der Waals surface area contributed by atoms with Crippen LogP contribution >= 0.6 is 0 Å². The molecule has 5 heterocycles. The number of allylic oxidation sites excluding steroid dienone is 8. The third kappa shape index (κ3) is 38.7. The molecule has 21 heteroatoms. The van der Waals surface area contributed by atoms with Gasteiger partial charge in [0.25, 0.3) is 0 Å². The Bertz CT molecular complexity index is 6540. The first-order valence-corrected chi connectivity index (χ1v) is 41.8. The number of ketones is 5. The number of carbonyl (C=O) groups is 5. The molecule has 5 radical (unpaired) electrons. The van der Waals surface area contributed by atoms with Crippen molar-refractivity contribution in [2.24, 2.45) is 0 Å². The van der Waals surface area contributed by atoms with E-state index >= 15 is 0 Å². The van der Waals surface area contributed by atoms with Crippen LogP contribution in [0.15, 0.2) is 351 Å². The number of hydrogen-bond acceptors (Lipinski definition) is 15. The van der Waals surface area contributed by atoms with Gasteiger partial charge in [0.2, 0.25) is 0 Å². The number of hydrogen-bond donors (Lipinski definition) is 5. The fourth-order valence-corrected chi connectivity index (χ4v) is 13.2. The van der Waals surface area contributed by atoms with Crippen molar-refractivity contribution >= 4 is 94.3 Å². The van der Waals surface area contributed by atoms with Crippen LogP contribution in [-0.2, 0) is 124 Å². The summed E-state index contributed by atoms with van der Waals surface area (Å²) in [4.78, 5) is 73.9. The van der Waals surface area contributed by atoms with Gasteiger partial charge in [-0.3, -0.25) is 48.9 Å². The Morgan fingerprint density at radius 3 is 1.18 bits per heavy atom. The van der Waals surface area contributed by atoms with Crippen LogP contribution in [0, 0.1) is 65.0 Å². The third-order valence-electron chi connectivity index (χ3n) is 18.5. The van der Waals surface area contributed by atoms with Crippen LogP contribution in [0.3, 0.4) is 0 Å². The molecule has 17 rings (SSSR count). The molecule has 0 aliphatic heterocycles. The fraction of sp³-hybridized carbons (Fsp3) is 0.150. The van der Waals surface area contributed by atoms with E-state index in [2.05, 4.69) is 209 Å². The van der Waals surface area contributed by atoms with Crippen LogP contribution in [0.2, 0.25) is 0 Å². The van der Waals surface area contributed by atoms with Gasteiger partial charge in [-0.1, -0.05) is 175 Å². The van der Waals surface area contributed by atoms with Crippen molar-refractivity contribution < 1.29 is 150 Å². The van der Waals surface area contributed by atoms with Crippen molar-refractivity contribution in [2.45, 2.75) is 116 Å². The molecule has 0 fully saturated rings. The fourth-order valence-electron chi connectivity index (χ4n) is 13.2. The van der Waals surface area contributed by atoms with E-state index in [1.807, 2.05) is 164 Å². The summed E-state index contributed by atoms with van der Waals surface area (Å²) in [6.45, 7) is 25.0. The average Bonchev–Trinajstić information content (AvgIpc) is 1.64. The second-order valence-corrected chi connectivity index (χ2v) is 30.4. The predicted octanol–water partition coefficient (Wildman–Crippen LogP) is 26.5. The van der Waals surface area contributed by atoms with Crippen LogP contribution in [-0.4, -0.2) is 90.0 Å². The van der Waals surface area contributed by atoms with Crippen molar-refractivity contribution in [3.05, 3.63) is 409 Å². The molecule has 16 nitrogen and oxygen atoms in total. The van der Waals surface area contributed by atoms with E-state index in [9.17, 15) is 24.0 Å². The first kappa shape index (κ1) is 116. The predicted molar refractivity (Wildman–Crippen MR) is 526 cm³/mol. The zero-order valence-corrected chi connectivity index (χ0v) is 89.1. The molecule has 0 saturated carbocycles. The number of rotatable bonds is 12. The number of aromatic nitrogens is 6. The number of benzene rings is 12. The molecule has 12 aromatic carbocycles. The molecular weight excluding hydrogens is 2560 g/mol. The van der Waals surface area contributed by atoms with Crippen molar-refractivity contribution in [1.29, 1.82) is 0 Å². The van der Waals surface area contributed by atoms with Crippen LogP contribution < -0.4 is 0 Å². The number of imidazole rings is 1. The monoisotopic (exact) mass is 2670 g/mol. The molecule has 5 aromatic heterocycles. The Morgan fingerprint density at radius 1 is 0.328 bits per heavy atom. The van der Waals surface area contributed by atoms with Gasteiger partial charge in [-0.25, -0.2) is 0 Å². The molecule has 17 aromatic rings. The van der Waals surface area contributed by atoms with Crippen LogP contribution in [0.1, 0.15) is 103 Å². The summed E-state index contributed by atoms with van der Waals surface area (Å²) in [7, 11) is 0. The average molecular weight is 2670 g/mol. The number of aliphatic hydroxyl groups excluding tert-OH is 5. The molecule has 5 N–H and O–H groups in total. The van der Waals surface area contributed by atoms with Gasteiger partial charge in [-0.15, -0.1) is 172 Å². The van der Waals surface area contributed by atoms with E-state index in [0.717, 1.165) is 95.2 Å². The number of aryl methyl sites for hydroxylation is 5. The summed E-state index contributed by atoms with van der Waals surface area (Å²) >= 11 is 0. The van der Waals surface area contributed by atoms with Gasteiger partial charge >= 0.3 is 0 Å². The van der Waals surface area contributed by atoms with Gasteiger partial charge in [0.05, 0.1) is 68.1 Å². The maximum absolute atomic E-state index is 10.1. The quantitative estimate of drug-likeness (QED) is 0.0433. The molecule has 0 bridgehead atoms. The topological polar surface area (TPSA) is 256 Å². The zero-order valence-electron chi connectivity index (χ0n) is 77.1. The van der Waals surface area contributed by atoms with E-state index in [1.165, 1.54) is 147 Å². The largest absolute Gasteiger partial charge is 0.512 e. The second-order valence-electron chi connectivity index (χ2n) is 30.4. The number of aliphatic hydroxyl groups is 5. The Labute approximate surface area is 853 Å². The molecule has 0 aliphatic carbocycles. The molecule has 699 valence electrons. The van der Waals surface area contributed by atoms with Gasteiger partial charge < -0.3 is 30.1 Å². The van der Waals surface area contributed by atoms with Crippen molar-refractivity contribution in [1.82, 2.24) is 29.5 Å². The second kappa shape index (κ2) is 60.1. The summed E-state index contributed by atoms with van der Waals surface area (Å²) in [6, 6.07) is 119. The third-order valence-corrected chi connectivity index (χ3v) is 18.5.